The van der Waals surface area contributed by atoms with Crippen molar-refractivity contribution in [3.05, 3.63) is 29.6 Å². The molecule has 1 aromatic carbocycles. The van der Waals surface area contributed by atoms with Gasteiger partial charge in [0.05, 0.1) is 5.69 Å². The highest BCUT2D eigenvalue weighted by Crippen LogP contribution is 2.22. The van der Waals surface area contributed by atoms with Crippen molar-refractivity contribution in [3.8, 4) is 0 Å². The van der Waals surface area contributed by atoms with Crippen molar-refractivity contribution in [2.45, 2.75) is 31.7 Å². The Kier molecular flexibility index (Phi) is 4.10. The van der Waals surface area contributed by atoms with E-state index < -0.39 is 5.82 Å². The van der Waals surface area contributed by atoms with E-state index in [1.54, 1.807) is 0 Å². The lowest BCUT2D eigenvalue weighted by Crippen LogP contribution is -2.49. The largest absolute Gasteiger partial charge is 0.396 e. The van der Waals surface area contributed by atoms with E-state index in [0.29, 0.717) is 11.6 Å². The van der Waals surface area contributed by atoms with Gasteiger partial charge in [0.15, 0.2) is 0 Å². The number of hydrogen-bond donors (Lipinski definition) is 1. The Bertz CT molecular complexity index is 528. The summed E-state index contributed by atoms with van der Waals surface area (Å²) in [5.41, 5.74) is 6.08. The van der Waals surface area contributed by atoms with Crippen LogP contribution in [0.4, 0.5) is 10.1 Å². The lowest BCUT2D eigenvalue weighted by Gasteiger charge is -2.37. The third-order valence-electron chi connectivity index (χ3n) is 4.58. The number of piperidine rings is 1. The number of hydrogen-bond acceptors (Lipinski definition) is 3. The van der Waals surface area contributed by atoms with Gasteiger partial charge in [0, 0.05) is 24.7 Å². The molecule has 2 saturated heterocycles. The van der Waals surface area contributed by atoms with Crippen LogP contribution in [0.5, 0.6) is 0 Å². The number of rotatable bonds is 2. The third kappa shape index (κ3) is 3.02. The Morgan fingerprint density at radius 1 is 1.19 bits per heavy atom. The number of anilines is 1. The quantitative estimate of drug-likeness (QED) is 0.849. The van der Waals surface area contributed by atoms with Crippen LogP contribution in [0.25, 0.3) is 0 Å². The van der Waals surface area contributed by atoms with Crippen molar-refractivity contribution < 1.29 is 9.18 Å². The second kappa shape index (κ2) is 6.02. The minimum absolute atomic E-state index is 0.0361. The molecule has 0 spiro atoms. The molecule has 2 fully saturated rings. The molecule has 3 rings (SSSR count). The van der Waals surface area contributed by atoms with Gasteiger partial charge in [-0.15, -0.1) is 0 Å². The van der Waals surface area contributed by atoms with Crippen molar-refractivity contribution >= 4 is 11.6 Å². The van der Waals surface area contributed by atoms with Crippen LogP contribution < -0.4 is 5.73 Å². The van der Waals surface area contributed by atoms with Crippen LogP contribution in [0.15, 0.2) is 18.2 Å². The van der Waals surface area contributed by atoms with E-state index in [1.807, 2.05) is 4.90 Å². The van der Waals surface area contributed by atoms with E-state index in [0.717, 1.165) is 39.0 Å². The summed E-state index contributed by atoms with van der Waals surface area (Å²) in [6.07, 6.45) is 4.72. The number of halogens is 1. The van der Waals surface area contributed by atoms with Crippen molar-refractivity contribution in [3.63, 3.8) is 0 Å². The zero-order valence-corrected chi connectivity index (χ0v) is 12.2. The van der Waals surface area contributed by atoms with Crippen molar-refractivity contribution in [2.75, 3.05) is 31.9 Å². The molecule has 4 nitrogen and oxygen atoms in total. The molecule has 0 aromatic heterocycles. The first kappa shape index (κ1) is 14.3. The van der Waals surface area contributed by atoms with Gasteiger partial charge in [-0.1, -0.05) is 0 Å². The predicted octanol–water partition coefficient (Wildman–Crippen LogP) is 2.11. The molecule has 2 N–H and O–H groups in total. The van der Waals surface area contributed by atoms with Gasteiger partial charge in [0.25, 0.3) is 5.91 Å². The summed E-state index contributed by atoms with van der Waals surface area (Å²) < 4.78 is 13.2. The zero-order valence-electron chi connectivity index (χ0n) is 12.2. The lowest BCUT2D eigenvalue weighted by atomic mass is 10.0. The van der Waals surface area contributed by atoms with E-state index in [9.17, 15) is 9.18 Å². The Balaban J connectivity index is 1.70. The molecule has 2 heterocycles. The first-order valence-electron chi connectivity index (χ1n) is 7.73. The highest BCUT2D eigenvalue weighted by molar-refractivity contribution is 5.95. The molecule has 0 saturated carbocycles. The fourth-order valence-corrected chi connectivity index (χ4v) is 3.40. The van der Waals surface area contributed by atoms with E-state index in [1.165, 1.54) is 31.0 Å². The van der Waals surface area contributed by atoms with E-state index in [4.69, 9.17) is 5.73 Å². The molecule has 1 atom stereocenters. The minimum Gasteiger partial charge on any atom is -0.396 e. The summed E-state index contributed by atoms with van der Waals surface area (Å²) in [5, 5.41) is 0. The van der Waals surface area contributed by atoms with E-state index in [-0.39, 0.29) is 11.6 Å². The molecule has 0 bridgehead atoms. The molecule has 114 valence electrons. The number of benzene rings is 1. The second-order valence-corrected chi connectivity index (χ2v) is 6.03. The SMILES string of the molecule is Nc1cc(C(=O)N2CCCC(N3CCCC3)C2)ccc1F. The smallest absolute Gasteiger partial charge is 0.253 e. The molecule has 2 aliphatic rings. The van der Waals surface area contributed by atoms with Gasteiger partial charge in [-0.3, -0.25) is 9.69 Å². The molecule has 1 unspecified atom stereocenters. The lowest BCUT2D eigenvalue weighted by molar-refractivity contribution is 0.0608. The average Bonchev–Trinajstić information content (AvgIpc) is 3.04. The second-order valence-electron chi connectivity index (χ2n) is 6.03. The molecule has 5 heteroatoms. The number of amides is 1. The van der Waals surface area contributed by atoms with E-state index >= 15 is 0 Å². The molecule has 1 amide bonds. The van der Waals surface area contributed by atoms with Crippen LogP contribution in [-0.4, -0.2) is 47.9 Å². The monoisotopic (exact) mass is 291 g/mol. The summed E-state index contributed by atoms with van der Waals surface area (Å²) in [6.45, 7) is 3.85. The van der Waals surface area contributed by atoms with Crippen LogP contribution >= 0.6 is 0 Å². The Morgan fingerprint density at radius 2 is 1.95 bits per heavy atom. The molecule has 21 heavy (non-hydrogen) atoms. The topological polar surface area (TPSA) is 49.6 Å². The fourth-order valence-electron chi connectivity index (χ4n) is 3.40. The number of likely N-dealkylation sites (tertiary alicyclic amines) is 2. The maximum absolute atomic E-state index is 13.2. The molecular weight excluding hydrogens is 269 g/mol. The summed E-state index contributed by atoms with van der Waals surface area (Å²) in [7, 11) is 0. The minimum atomic E-state index is -0.472. The number of carbonyl (C=O) groups excluding carboxylic acids is 1. The first-order valence-corrected chi connectivity index (χ1v) is 7.73. The van der Waals surface area contributed by atoms with Crippen LogP contribution in [0.1, 0.15) is 36.0 Å². The summed E-state index contributed by atoms with van der Waals surface area (Å²) in [5.74, 6) is -0.509. The van der Waals surface area contributed by atoms with Crippen molar-refractivity contribution in [1.82, 2.24) is 9.80 Å². The number of nitrogen functional groups attached to an aromatic ring is 1. The standard InChI is InChI=1S/C16H22FN3O/c17-14-6-5-12(10-15(14)18)16(21)20-9-3-4-13(11-20)19-7-1-2-8-19/h5-6,10,13H,1-4,7-9,11,18H2. The number of nitrogens with two attached hydrogens (primary N) is 1. The third-order valence-corrected chi connectivity index (χ3v) is 4.58. The van der Waals surface area contributed by atoms with Gasteiger partial charge in [-0.25, -0.2) is 4.39 Å². The Morgan fingerprint density at radius 3 is 2.67 bits per heavy atom. The summed E-state index contributed by atoms with van der Waals surface area (Å²) in [4.78, 5) is 16.9. The van der Waals surface area contributed by atoms with Gasteiger partial charge in [0.1, 0.15) is 5.82 Å². The molecule has 2 aliphatic heterocycles. The number of nitrogens with zero attached hydrogens (tertiary/aromatic N) is 2. The molecule has 0 radical (unpaired) electrons. The Hall–Kier alpha value is -1.62. The van der Waals surface area contributed by atoms with Gasteiger partial charge in [-0.2, -0.15) is 0 Å². The Labute approximate surface area is 124 Å². The van der Waals surface area contributed by atoms with Gasteiger partial charge in [0.2, 0.25) is 0 Å². The van der Waals surface area contributed by atoms with Gasteiger partial charge >= 0.3 is 0 Å². The normalized spacial score (nSPS) is 23.5. The molecule has 0 aliphatic carbocycles. The van der Waals surface area contributed by atoms with Crippen LogP contribution in [0.2, 0.25) is 0 Å². The van der Waals surface area contributed by atoms with Crippen LogP contribution in [-0.2, 0) is 0 Å². The average molecular weight is 291 g/mol. The zero-order chi connectivity index (χ0) is 14.8. The first-order chi connectivity index (χ1) is 10.1. The van der Waals surface area contributed by atoms with Gasteiger partial charge in [-0.05, 0) is 57.0 Å². The highest BCUT2D eigenvalue weighted by atomic mass is 19.1. The number of carbonyl (C=O) groups is 1. The maximum atomic E-state index is 13.2. The summed E-state index contributed by atoms with van der Waals surface area (Å²) in [6, 6.07) is 4.71. The van der Waals surface area contributed by atoms with Crippen LogP contribution in [0.3, 0.4) is 0 Å². The van der Waals surface area contributed by atoms with Crippen molar-refractivity contribution in [2.24, 2.45) is 0 Å². The highest BCUT2D eigenvalue weighted by Gasteiger charge is 2.29. The summed E-state index contributed by atoms with van der Waals surface area (Å²) >= 11 is 0. The predicted molar refractivity (Wildman–Crippen MR) is 80.5 cm³/mol. The fraction of sp³-hybridized carbons (Fsp3) is 0.562. The molecule has 1 aromatic rings. The van der Waals surface area contributed by atoms with Crippen molar-refractivity contribution in [1.29, 1.82) is 0 Å². The van der Waals surface area contributed by atoms with Gasteiger partial charge < -0.3 is 10.6 Å². The van der Waals surface area contributed by atoms with E-state index in [2.05, 4.69) is 4.90 Å². The maximum Gasteiger partial charge on any atom is 0.253 e. The molecular formula is C16H22FN3O. The van der Waals surface area contributed by atoms with Crippen LogP contribution in [0, 0.1) is 5.82 Å².